The second-order valence-electron chi connectivity index (χ2n) is 4.03. The van der Waals surface area contributed by atoms with Gasteiger partial charge >= 0.3 is 0 Å². The summed E-state index contributed by atoms with van der Waals surface area (Å²) in [5.74, 6) is 0.727. The summed E-state index contributed by atoms with van der Waals surface area (Å²) in [6, 6.07) is 9.20. The first-order valence-corrected chi connectivity index (χ1v) is 6.14. The Labute approximate surface area is 100 Å². The molecule has 0 radical (unpaired) electrons. The summed E-state index contributed by atoms with van der Waals surface area (Å²) in [6.45, 7) is 4.52. The van der Waals surface area contributed by atoms with Crippen LogP contribution in [0.15, 0.2) is 24.3 Å². The highest BCUT2D eigenvalue weighted by molar-refractivity contribution is 14.1. The first-order chi connectivity index (χ1) is 6.63. The number of benzene rings is 1. The van der Waals surface area contributed by atoms with E-state index in [9.17, 15) is 0 Å². The smallest absolute Gasteiger partial charge is 0.0320 e. The van der Waals surface area contributed by atoms with Gasteiger partial charge < -0.3 is 5.32 Å². The molecule has 0 fully saturated rings. The van der Waals surface area contributed by atoms with E-state index in [-0.39, 0.29) is 0 Å². The molecule has 2 heteroatoms. The molecule has 0 aliphatic carbocycles. The fourth-order valence-corrected chi connectivity index (χ4v) is 2.18. The summed E-state index contributed by atoms with van der Waals surface area (Å²) in [5, 5.41) is 3.37. The minimum atomic E-state index is 0.490. The lowest BCUT2D eigenvalue weighted by atomic mass is 9.97. The van der Waals surface area contributed by atoms with Crippen molar-refractivity contribution in [2.75, 3.05) is 7.05 Å². The van der Waals surface area contributed by atoms with E-state index >= 15 is 0 Å². The summed E-state index contributed by atoms with van der Waals surface area (Å²) in [6.07, 6.45) is 1.19. The predicted octanol–water partition coefficient (Wildman–Crippen LogP) is 3.60. The van der Waals surface area contributed by atoms with E-state index < -0.39 is 0 Å². The molecule has 1 aromatic rings. The first kappa shape index (κ1) is 12.0. The minimum Gasteiger partial charge on any atom is -0.313 e. The van der Waals surface area contributed by atoms with Crippen LogP contribution in [0.25, 0.3) is 0 Å². The van der Waals surface area contributed by atoms with E-state index in [2.05, 4.69) is 66.0 Å². The molecule has 1 nitrogen and oxygen atoms in total. The van der Waals surface area contributed by atoms with Gasteiger partial charge in [-0.3, -0.25) is 0 Å². The van der Waals surface area contributed by atoms with Crippen molar-refractivity contribution in [1.82, 2.24) is 5.32 Å². The molecule has 1 aromatic carbocycles. The Hall–Kier alpha value is -0.0900. The summed E-state index contributed by atoms with van der Waals surface area (Å²) in [7, 11) is 2.03. The molecule has 0 amide bonds. The Bertz CT molecular complexity index is 283. The highest BCUT2D eigenvalue weighted by Crippen LogP contribution is 2.22. The van der Waals surface area contributed by atoms with Gasteiger partial charge in [-0.2, -0.15) is 0 Å². The average molecular weight is 303 g/mol. The average Bonchev–Trinajstić information content (AvgIpc) is 2.14. The number of halogens is 1. The van der Waals surface area contributed by atoms with Crippen molar-refractivity contribution in [3.63, 3.8) is 0 Å². The Morgan fingerprint density at radius 1 is 1.36 bits per heavy atom. The van der Waals surface area contributed by atoms with Crippen LogP contribution < -0.4 is 5.32 Å². The Morgan fingerprint density at radius 2 is 2.07 bits per heavy atom. The summed E-state index contributed by atoms with van der Waals surface area (Å²) < 4.78 is 1.31. The SMILES string of the molecule is CNC(CC(C)C)c1cccc(I)c1. The quantitative estimate of drug-likeness (QED) is 0.838. The molecule has 0 aliphatic rings. The van der Waals surface area contributed by atoms with Crippen LogP contribution in [0.3, 0.4) is 0 Å². The summed E-state index contributed by atoms with van der Waals surface area (Å²) >= 11 is 2.36. The molecule has 0 saturated heterocycles. The van der Waals surface area contributed by atoms with Gasteiger partial charge in [-0.15, -0.1) is 0 Å². The lowest BCUT2D eigenvalue weighted by Gasteiger charge is -2.18. The largest absolute Gasteiger partial charge is 0.313 e. The first-order valence-electron chi connectivity index (χ1n) is 5.06. The van der Waals surface area contributed by atoms with Crippen molar-refractivity contribution in [3.05, 3.63) is 33.4 Å². The van der Waals surface area contributed by atoms with Crippen molar-refractivity contribution in [2.45, 2.75) is 26.3 Å². The number of rotatable bonds is 4. The lowest BCUT2D eigenvalue weighted by molar-refractivity contribution is 0.456. The number of nitrogens with one attached hydrogen (secondary N) is 1. The van der Waals surface area contributed by atoms with Gasteiger partial charge in [0.05, 0.1) is 0 Å². The third kappa shape index (κ3) is 3.58. The molecule has 14 heavy (non-hydrogen) atoms. The maximum atomic E-state index is 3.37. The predicted molar refractivity (Wildman–Crippen MR) is 70.4 cm³/mol. The molecule has 0 aliphatic heterocycles. The zero-order valence-electron chi connectivity index (χ0n) is 9.05. The van der Waals surface area contributed by atoms with Crippen LogP contribution in [-0.2, 0) is 0 Å². The highest BCUT2D eigenvalue weighted by atomic mass is 127. The molecule has 0 bridgehead atoms. The Kier molecular flexibility index (Phi) is 4.89. The van der Waals surface area contributed by atoms with Gasteiger partial charge in [0, 0.05) is 9.61 Å². The van der Waals surface area contributed by atoms with Gasteiger partial charge in [0.1, 0.15) is 0 Å². The van der Waals surface area contributed by atoms with Crippen molar-refractivity contribution in [2.24, 2.45) is 5.92 Å². The summed E-state index contributed by atoms with van der Waals surface area (Å²) in [4.78, 5) is 0. The molecular formula is C12H18IN. The normalized spacial score (nSPS) is 13.2. The third-order valence-electron chi connectivity index (χ3n) is 2.31. The van der Waals surface area contributed by atoms with Crippen molar-refractivity contribution >= 4 is 22.6 Å². The fraction of sp³-hybridized carbons (Fsp3) is 0.500. The van der Waals surface area contributed by atoms with E-state index in [1.807, 2.05) is 7.05 Å². The molecule has 78 valence electrons. The Balaban J connectivity index is 2.78. The lowest BCUT2D eigenvalue weighted by Crippen LogP contribution is -2.18. The molecule has 1 unspecified atom stereocenters. The highest BCUT2D eigenvalue weighted by Gasteiger charge is 2.10. The van der Waals surface area contributed by atoms with Crippen LogP contribution in [0.4, 0.5) is 0 Å². The van der Waals surface area contributed by atoms with Gasteiger partial charge in [0.25, 0.3) is 0 Å². The topological polar surface area (TPSA) is 12.0 Å². The molecule has 1 N–H and O–H groups in total. The van der Waals surface area contributed by atoms with Crippen LogP contribution in [0.2, 0.25) is 0 Å². The maximum absolute atomic E-state index is 3.37. The molecule has 1 atom stereocenters. The fourth-order valence-electron chi connectivity index (χ4n) is 1.62. The van der Waals surface area contributed by atoms with Crippen molar-refractivity contribution in [3.8, 4) is 0 Å². The van der Waals surface area contributed by atoms with E-state index in [0.29, 0.717) is 6.04 Å². The van der Waals surface area contributed by atoms with E-state index in [4.69, 9.17) is 0 Å². The van der Waals surface area contributed by atoms with Crippen LogP contribution >= 0.6 is 22.6 Å². The molecular weight excluding hydrogens is 285 g/mol. The van der Waals surface area contributed by atoms with Gasteiger partial charge in [-0.05, 0) is 59.7 Å². The number of hydrogen-bond acceptors (Lipinski definition) is 1. The van der Waals surface area contributed by atoms with Crippen molar-refractivity contribution < 1.29 is 0 Å². The summed E-state index contributed by atoms with van der Waals surface area (Å²) in [5.41, 5.74) is 1.40. The zero-order chi connectivity index (χ0) is 10.6. The molecule has 0 aromatic heterocycles. The standard InChI is InChI=1S/C12H18IN/c1-9(2)7-12(14-3)10-5-4-6-11(13)8-10/h4-6,8-9,12,14H,7H2,1-3H3. The Morgan fingerprint density at radius 3 is 2.57 bits per heavy atom. The van der Waals surface area contributed by atoms with Crippen molar-refractivity contribution in [1.29, 1.82) is 0 Å². The monoisotopic (exact) mass is 303 g/mol. The van der Waals surface area contributed by atoms with Gasteiger partial charge in [-0.25, -0.2) is 0 Å². The van der Waals surface area contributed by atoms with Gasteiger partial charge in [0.15, 0.2) is 0 Å². The van der Waals surface area contributed by atoms with Crippen LogP contribution in [0.1, 0.15) is 31.9 Å². The van der Waals surface area contributed by atoms with Gasteiger partial charge in [-0.1, -0.05) is 26.0 Å². The molecule has 1 rings (SSSR count). The van der Waals surface area contributed by atoms with Gasteiger partial charge in [0.2, 0.25) is 0 Å². The van der Waals surface area contributed by atoms with E-state index in [0.717, 1.165) is 5.92 Å². The van der Waals surface area contributed by atoms with Crippen LogP contribution in [-0.4, -0.2) is 7.05 Å². The minimum absolute atomic E-state index is 0.490. The second-order valence-corrected chi connectivity index (χ2v) is 5.27. The van der Waals surface area contributed by atoms with Crippen LogP contribution in [0, 0.1) is 9.49 Å². The molecule has 0 heterocycles. The van der Waals surface area contributed by atoms with E-state index in [1.54, 1.807) is 0 Å². The molecule has 0 saturated carbocycles. The zero-order valence-corrected chi connectivity index (χ0v) is 11.2. The van der Waals surface area contributed by atoms with Crippen LogP contribution in [0.5, 0.6) is 0 Å². The second kappa shape index (κ2) is 5.71. The third-order valence-corrected chi connectivity index (χ3v) is 2.98. The van der Waals surface area contributed by atoms with E-state index in [1.165, 1.54) is 15.6 Å². The number of hydrogen-bond donors (Lipinski definition) is 1. The molecule has 0 spiro atoms. The maximum Gasteiger partial charge on any atom is 0.0320 e.